The highest BCUT2D eigenvalue weighted by Crippen LogP contribution is 2.40. The molecule has 1 amide bonds. The molecule has 2 fully saturated rings. The van der Waals surface area contributed by atoms with Crippen molar-refractivity contribution in [2.45, 2.75) is 77.0 Å². The SMILES string of the molecule is C[C@H](c1cccc2ccccc12)N(C[C@H]1CN(C2CCC(C(=O)O)CC2)C[C@@H]1c1ccccc1)C(=O)OC(C)(C)C. The molecule has 2 aliphatic rings. The monoisotopic (exact) mass is 556 g/mol. The lowest BCUT2D eigenvalue weighted by molar-refractivity contribution is -0.143. The molecule has 0 aromatic heterocycles. The van der Waals surface area contributed by atoms with Crippen molar-refractivity contribution < 1.29 is 19.4 Å². The van der Waals surface area contributed by atoms with E-state index in [1.165, 1.54) is 5.56 Å². The molecule has 3 atom stereocenters. The molecule has 0 radical (unpaired) electrons. The highest BCUT2D eigenvalue weighted by Gasteiger charge is 2.41. The van der Waals surface area contributed by atoms with Gasteiger partial charge in [-0.1, -0.05) is 72.8 Å². The summed E-state index contributed by atoms with van der Waals surface area (Å²) < 4.78 is 6.00. The van der Waals surface area contributed by atoms with Gasteiger partial charge in [0.05, 0.1) is 12.0 Å². The minimum absolute atomic E-state index is 0.174. The van der Waals surface area contributed by atoms with E-state index in [9.17, 15) is 14.7 Å². The fraction of sp³-hybridized carbons (Fsp3) is 0.486. The summed E-state index contributed by atoms with van der Waals surface area (Å²) in [5, 5.41) is 11.8. The van der Waals surface area contributed by atoms with Gasteiger partial charge in [0.15, 0.2) is 0 Å². The maximum absolute atomic E-state index is 13.9. The largest absolute Gasteiger partial charge is 0.481 e. The predicted octanol–water partition coefficient (Wildman–Crippen LogP) is 7.50. The second kappa shape index (κ2) is 12.2. The number of aliphatic carboxylic acids is 1. The van der Waals surface area contributed by atoms with Crippen LogP contribution in [0.2, 0.25) is 0 Å². The predicted molar refractivity (Wildman–Crippen MR) is 163 cm³/mol. The molecule has 41 heavy (non-hydrogen) atoms. The highest BCUT2D eigenvalue weighted by atomic mass is 16.6. The van der Waals surface area contributed by atoms with Crippen molar-refractivity contribution in [2.75, 3.05) is 19.6 Å². The zero-order valence-electron chi connectivity index (χ0n) is 24.8. The lowest BCUT2D eigenvalue weighted by Crippen LogP contribution is -2.43. The van der Waals surface area contributed by atoms with Gasteiger partial charge in [-0.3, -0.25) is 9.69 Å². The molecule has 5 rings (SSSR count). The Morgan fingerprint density at radius 1 is 0.927 bits per heavy atom. The second-order valence-corrected chi connectivity index (χ2v) is 13.0. The van der Waals surface area contributed by atoms with Gasteiger partial charge in [-0.15, -0.1) is 0 Å². The van der Waals surface area contributed by atoms with Gasteiger partial charge in [0, 0.05) is 31.6 Å². The van der Waals surface area contributed by atoms with Gasteiger partial charge in [-0.2, -0.15) is 0 Å². The van der Waals surface area contributed by atoms with Crippen LogP contribution in [0, 0.1) is 11.8 Å². The van der Waals surface area contributed by atoms with Gasteiger partial charge < -0.3 is 14.7 Å². The van der Waals surface area contributed by atoms with Crippen molar-refractivity contribution in [1.29, 1.82) is 0 Å². The van der Waals surface area contributed by atoms with Gasteiger partial charge in [0.2, 0.25) is 0 Å². The Kier molecular flexibility index (Phi) is 8.69. The van der Waals surface area contributed by atoms with E-state index in [2.05, 4.69) is 72.5 Å². The molecule has 3 aromatic carbocycles. The minimum Gasteiger partial charge on any atom is -0.481 e. The van der Waals surface area contributed by atoms with Crippen LogP contribution in [-0.2, 0) is 9.53 Å². The van der Waals surface area contributed by atoms with E-state index in [1.54, 1.807) is 0 Å². The maximum atomic E-state index is 13.9. The second-order valence-electron chi connectivity index (χ2n) is 13.0. The van der Waals surface area contributed by atoms with Crippen LogP contribution in [0.15, 0.2) is 72.8 Å². The zero-order valence-corrected chi connectivity index (χ0v) is 24.8. The topological polar surface area (TPSA) is 70.1 Å². The molecule has 1 saturated heterocycles. The van der Waals surface area contributed by atoms with Gasteiger partial charge in [-0.25, -0.2) is 4.79 Å². The van der Waals surface area contributed by atoms with Crippen LogP contribution < -0.4 is 0 Å². The maximum Gasteiger partial charge on any atom is 0.410 e. The Morgan fingerprint density at radius 3 is 2.27 bits per heavy atom. The van der Waals surface area contributed by atoms with Crippen LogP contribution in [0.3, 0.4) is 0 Å². The van der Waals surface area contributed by atoms with Crippen LogP contribution >= 0.6 is 0 Å². The fourth-order valence-corrected chi connectivity index (χ4v) is 6.90. The van der Waals surface area contributed by atoms with E-state index in [0.29, 0.717) is 12.6 Å². The van der Waals surface area contributed by atoms with E-state index in [0.717, 1.165) is 55.1 Å². The van der Waals surface area contributed by atoms with Crippen molar-refractivity contribution in [3.05, 3.63) is 83.9 Å². The number of carbonyl (C=O) groups excluding carboxylic acids is 1. The molecule has 3 aromatic rings. The van der Waals surface area contributed by atoms with Gasteiger partial charge in [0.25, 0.3) is 0 Å². The Morgan fingerprint density at radius 2 is 1.59 bits per heavy atom. The Balaban J connectivity index is 1.44. The molecular formula is C35H44N2O4. The van der Waals surface area contributed by atoms with Gasteiger partial charge in [-0.05, 0) is 81.2 Å². The Bertz CT molecular complexity index is 1340. The van der Waals surface area contributed by atoms with Crippen molar-refractivity contribution in [1.82, 2.24) is 9.80 Å². The third-order valence-corrected chi connectivity index (χ3v) is 9.06. The summed E-state index contributed by atoms with van der Waals surface area (Å²) >= 11 is 0. The lowest BCUT2D eigenvalue weighted by Gasteiger charge is -2.36. The van der Waals surface area contributed by atoms with E-state index < -0.39 is 11.6 Å². The molecular weight excluding hydrogens is 512 g/mol. The summed E-state index contributed by atoms with van der Waals surface area (Å²) in [6.07, 6.45) is 3.00. The number of hydrogen-bond donors (Lipinski definition) is 1. The number of fused-ring (bicyclic) bond motifs is 1. The fourth-order valence-electron chi connectivity index (χ4n) is 6.90. The summed E-state index contributed by atoms with van der Waals surface area (Å²) in [7, 11) is 0. The number of carbonyl (C=O) groups is 2. The average Bonchev–Trinajstić information content (AvgIpc) is 3.39. The number of hydrogen-bond acceptors (Lipinski definition) is 4. The van der Waals surface area contributed by atoms with Crippen LogP contribution in [0.5, 0.6) is 0 Å². The van der Waals surface area contributed by atoms with E-state index >= 15 is 0 Å². The van der Waals surface area contributed by atoms with Crippen molar-refractivity contribution in [2.24, 2.45) is 11.8 Å². The number of carboxylic acid groups (broad SMARTS) is 1. The first-order valence-corrected chi connectivity index (χ1v) is 15.1. The molecule has 1 aliphatic carbocycles. The summed E-state index contributed by atoms with van der Waals surface area (Å²) in [5.41, 5.74) is 1.81. The number of carboxylic acids is 1. The van der Waals surface area contributed by atoms with E-state index in [-0.39, 0.29) is 29.9 Å². The van der Waals surface area contributed by atoms with Crippen LogP contribution in [0.1, 0.15) is 76.5 Å². The van der Waals surface area contributed by atoms with Gasteiger partial charge >= 0.3 is 12.1 Å². The molecule has 0 spiro atoms. The molecule has 1 heterocycles. The summed E-state index contributed by atoms with van der Waals surface area (Å²) in [5.74, 6) is -0.392. The molecule has 218 valence electrons. The Hall–Kier alpha value is -3.38. The number of rotatable bonds is 7. The zero-order chi connectivity index (χ0) is 29.1. The number of nitrogens with zero attached hydrogens (tertiary/aromatic N) is 2. The van der Waals surface area contributed by atoms with Crippen molar-refractivity contribution in [3.8, 4) is 0 Å². The quantitative estimate of drug-likeness (QED) is 0.326. The normalized spacial score (nSPS) is 24.2. The molecule has 1 aliphatic heterocycles. The number of ether oxygens (including phenoxy) is 1. The first-order chi connectivity index (χ1) is 19.6. The molecule has 0 bridgehead atoms. The number of likely N-dealkylation sites (tertiary alicyclic amines) is 1. The van der Waals surface area contributed by atoms with E-state index in [1.807, 2.05) is 37.8 Å². The van der Waals surface area contributed by atoms with Crippen LogP contribution in [0.25, 0.3) is 10.8 Å². The lowest BCUT2D eigenvalue weighted by atomic mass is 9.85. The third-order valence-electron chi connectivity index (χ3n) is 9.06. The summed E-state index contributed by atoms with van der Waals surface area (Å²) in [6.45, 7) is 10.3. The Labute approximate surface area is 244 Å². The molecule has 1 saturated carbocycles. The van der Waals surface area contributed by atoms with Crippen LogP contribution in [0.4, 0.5) is 4.79 Å². The highest BCUT2D eigenvalue weighted by molar-refractivity contribution is 5.86. The molecule has 6 nitrogen and oxygen atoms in total. The molecule has 0 unspecified atom stereocenters. The van der Waals surface area contributed by atoms with Crippen molar-refractivity contribution >= 4 is 22.8 Å². The number of benzene rings is 3. The third kappa shape index (κ3) is 6.75. The smallest absolute Gasteiger partial charge is 0.410 e. The number of amides is 1. The first-order valence-electron chi connectivity index (χ1n) is 15.1. The van der Waals surface area contributed by atoms with Crippen molar-refractivity contribution in [3.63, 3.8) is 0 Å². The first kappa shape index (κ1) is 29.1. The van der Waals surface area contributed by atoms with Gasteiger partial charge in [0.1, 0.15) is 5.60 Å². The average molecular weight is 557 g/mol. The van der Waals surface area contributed by atoms with Crippen LogP contribution in [-0.4, -0.2) is 58.2 Å². The van der Waals surface area contributed by atoms with E-state index in [4.69, 9.17) is 4.74 Å². The molecule has 1 N–H and O–H groups in total. The summed E-state index contributed by atoms with van der Waals surface area (Å²) in [6, 6.07) is 25.5. The standard InChI is InChI=1S/C35H44N2O4/c1-24(30-16-10-14-25-13-8-9-15-31(25)30)37(34(40)41-35(2,3)4)22-28-21-36(23-32(28)26-11-6-5-7-12-26)29-19-17-27(18-20-29)33(38)39/h5-16,24,27-29,32H,17-23H2,1-4H3,(H,38,39)/t24-,27?,28-,29?,32-/m1/s1. The molecule has 6 heteroatoms. The minimum atomic E-state index is -0.666. The summed E-state index contributed by atoms with van der Waals surface area (Å²) in [4.78, 5) is 29.9.